The summed E-state index contributed by atoms with van der Waals surface area (Å²) >= 11 is 3.41. The molecule has 23 heavy (non-hydrogen) atoms. The van der Waals surface area contributed by atoms with Crippen molar-refractivity contribution >= 4 is 26.0 Å². The summed E-state index contributed by atoms with van der Waals surface area (Å²) in [6.07, 6.45) is 2.57. The number of nitrogens with zero attached hydrogens (tertiary/aromatic N) is 2. The van der Waals surface area contributed by atoms with Crippen molar-refractivity contribution in [3.05, 3.63) is 46.2 Å². The molecular weight excluding hydrogens is 378 g/mol. The maximum atomic E-state index is 12.2. The van der Waals surface area contributed by atoms with Crippen LogP contribution in [0.2, 0.25) is 0 Å². The van der Waals surface area contributed by atoms with E-state index in [1.54, 1.807) is 12.1 Å². The molecule has 0 fully saturated rings. The Morgan fingerprint density at radius 2 is 1.91 bits per heavy atom. The van der Waals surface area contributed by atoms with Crippen molar-refractivity contribution in [1.29, 1.82) is 0 Å². The Kier molecular flexibility index (Phi) is 6.00. The lowest BCUT2D eigenvalue weighted by atomic mass is 10.0. The summed E-state index contributed by atoms with van der Waals surface area (Å²) in [5.41, 5.74) is 2.06. The molecule has 126 valence electrons. The van der Waals surface area contributed by atoms with Crippen molar-refractivity contribution in [3.8, 4) is 0 Å². The highest BCUT2D eigenvalue weighted by Crippen LogP contribution is 2.17. The highest BCUT2D eigenvalue weighted by atomic mass is 79.9. The van der Waals surface area contributed by atoms with Gasteiger partial charge in [0.1, 0.15) is 0 Å². The monoisotopic (exact) mass is 399 g/mol. The molecule has 2 rings (SSSR count). The molecule has 0 amide bonds. The van der Waals surface area contributed by atoms with Crippen LogP contribution in [0.1, 0.15) is 37.4 Å². The Bertz CT molecular complexity index is 733. The zero-order chi connectivity index (χ0) is 17.0. The fourth-order valence-corrected chi connectivity index (χ4v) is 3.56. The molecule has 0 radical (unpaired) electrons. The van der Waals surface area contributed by atoms with Crippen LogP contribution in [0.5, 0.6) is 0 Å². The van der Waals surface area contributed by atoms with Gasteiger partial charge in [0.05, 0.1) is 15.1 Å². The molecule has 0 aliphatic carbocycles. The van der Waals surface area contributed by atoms with E-state index in [4.69, 9.17) is 0 Å². The number of hydrogen-bond acceptors (Lipinski definition) is 3. The van der Waals surface area contributed by atoms with E-state index < -0.39 is 10.0 Å². The van der Waals surface area contributed by atoms with E-state index in [-0.39, 0.29) is 0 Å². The number of sulfonamides is 1. The molecule has 1 N–H and O–H groups in total. The van der Waals surface area contributed by atoms with Gasteiger partial charge in [-0.15, -0.1) is 0 Å². The van der Waals surface area contributed by atoms with Crippen LogP contribution in [-0.4, -0.2) is 24.7 Å². The molecule has 7 heteroatoms. The van der Waals surface area contributed by atoms with Gasteiger partial charge in [0.2, 0.25) is 10.0 Å². The summed E-state index contributed by atoms with van der Waals surface area (Å²) in [6, 6.07) is 7.05. The van der Waals surface area contributed by atoms with E-state index in [2.05, 4.69) is 39.6 Å². The van der Waals surface area contributed by atoms with Crippen molar-refractivity contribution in [2.45, 2.75) is 44.6 Å². The fourth-order valence-electron chi connectivity index (χ4n) is 2.17. The summed E-state index contributed by atoms with van der Waals surface area (Å²) in [5.74, 6) is 0.386. The predicted octanol–water partition coefficient (Wildman–Crippen LogP) is 3.45. The number of benzene rings is 1. The topological polar surface area (TPSA) is 64.0 Å². The van der Waals surface area contributed by atoms with E-state index in [0.717, 1.165) is 15.7 Å². The second-order valence-corrected chi connectivity index (χ2v) is 8.42. The summed E-state index contributed by atoms with van der Waals surface area (Å²) < 4.78 is 29.9. The highest BCUT2D eigenvalue weighted by molar-refractivity contribution is 9.10. The third kappa shape index (κ3) is 4.89. The third-order valence-corrected chi connectivity index (χ3v) is 5.86. The second kappa shape index (κ2) is 7.59. The molecule has 0 atom stereocenters. The van der Waals surface area contributed by atoms with Gasteiger partial charge in [-0.25, -0.2) is 13.1 Å². The predicted molar refractivity (Wildman–Crippen MR) is 95.0 cm³/mol. The molecule has 1 heterocycles. The first-order valence-electron chi connectivity index (χ1n) is 7.59. The van der Waals surface area contributed by atoms with Gasteiger partial charge < -0.3 is 0 Å². The van der Waals surface area contributed by atoms with Crippen LogP contribution in [0.15, 0.2) is 39.8 Å². The van der Waals surface area contributed by atoms with Crippen LogP contribution in [0.4, 0.5) is 0 Å². The van der Waals surface area contributed by atoms with Crippen molar-refractivity contribution in [1.82, 2.24) is 14.5 Å². The quantitative estimate of drug-likeness (QED) is 0.725. The minimum Gasteiger partial charge on any atom is -0.271 e. The van der Waals surface area contributed by atoms with Gasteiger partial charge in [0.15, 0.2) is 0 Å². The SMILES string of the molecule is Cc1nn(CCCNS(=O)(=O)c2ccc(C(C)C)cc2)cc1Br. The fraction of sp³-hybridized carbons (Fsp3) is 0.438. The van der Waals surface area contributed by atoms with Crippen LogP contribution in [-0.2, 0) is 16.6 Å². The molecule has 1 aromatic carbocycles. The molecule has 1 aromatic heterocycles. The summed E-state index contributed by atoms with van der Waals surface area (Å²) in [7, 11) is -3.45. The Morgan fingerprint density at radius 3 is 2.43 bits per heavy atom. The number of rotatable bonds is 7. The van der Waals surface area contributed by atoms with Crippen molar-refractivity contribution in [3.63, 3.8) is 0 Å². The maximum Gasteiger partial charge on any atom is 0.240 e. The summed E-state index contributed by atoms with van der Waals surface area (Å²) in [6.45, 7) is 7.13. The molecule has 0 aliphatic rings. The molecule has 0 unspecified atom stereocenters. The number of aromatic nitrogens is 2. The standard InChI is InChI=1S/C16H22BrN3O2S/c1-12(2)14-5-7-15(8-6-14)23(21,22)18-9-4-10-20-11-16(17)13(3)19-20/h5-8,11-12,18H,4,9-10H2,1-3H3. The molecule has 0 saturated carbocycles. The normalized spacial score (nSPS) is 12.0. The first kappa shape index (κ1) is 18.2. The van der Waals surface area contributed by atoms with Crippen molar-refractivity contribution in [2.75, 3.05) is 6.54 Å². The molecule has 0 aliphatic heterocycles. The Hall–Kier alpha value is -1.18. The second-order valence-electron chi connectivity index (χ2n) is 5.80. The number of nitrogens with one attached hydrogen (secondary N) is 1. The van der Waals surface area contributed by atoms with Crippen molar-refractivity contribution in [2.24, 2.45) is 0 Å². The Labute approximate surface area is 146 Å². The first-order chi connectivity index (χ1) is 10.8. The van der Waals surface area contributed by atoms with Crippen LogP contribution in [0.3, 0.4) is 0 Å². The lowest BCUT2D eigenvalue weighted by Gasteiger charge is -2.09. The Morgan fingerprint density at radius 1 is 1.26 bits per heavy atom. The number of hydrogen-bond donors (Lipinski definition) is 1. The van der Waals surface area contributed by atoms with E-state index >= 15 is 0 Å². The first-order valence-corrected chi connectivity index (χ1v) is 9.86. The van der Waals surface area contributed by atoms with Gasteiger partial charge in [0.25, 0.3) is 0 Å². The maximum absolute atomic E-state index is 12.2. The lowest BCUT2D eigenvalue weighted by molar-refractivity contribution is 0.551. The molecule has 0 spiro atoms. The van der Waals surface area contributed by atoms with Crippen LogP contribution in [0, 0.1) is 6.92 Å². The number of aryl methyl sites for hydroxylation is 2. The van der Waals surface area contributed by atoms with Crippen LogP contribution >= 0.6 is 15.9 Å². The van der Waals surface area contributed by atoms with E-state index in [0.29, 0.717) is 30.3 Å². The molecular formula is C16H22BrN3O2S. The average molecular weight is 400 g/mol. The van der Waals surface area contributed by atoms with Crippen LogP contribution in [0.25, 0.3) is 0 Å². The molecule has 0 saturated heterocycles. The minimum atomic E-state index is -3.45. The van der Waals surface area contributed by atoms with Gasteiger partial charge in [-0.2, -0.15) is 5.10 Å². The van der Waals surface area contributed by atoms with Gasteiger partial charge in [-0.05, 0) is 52.9 Å². The average Bonchev–Trinajstić information content (AvgIpc) is 2.82. The zero-order valence-electron chi connectivity index (χ0n) is 13.6. The molecule has 2 aromatic rings. The third-order valence-electron chi connectivity index (χ3n) is 3.60. The smallest absolute Gasteiger partial charge is 0.240 e. The van der Waals surface area contributed by atoms with E-state index in [1.807, 2.05) is 29.9 Å². The van der Waals surface area contributed by atoms with Crippen molar-refractivity contribution < 1.29 is 8.42 Å². The zero-order valence-corrected chi connectivity index (χ0v) is 16.0. The molecule has 5 nitrogen and oxygen atoms in total. The largest absolute Gasteiger partial charge is 0.271 e. The van der Waals surface area contributed by atoms with Crippen LogP contribution < -0.4 is 4.72 Å². The lowest BCUT2D eigenvalue weighted by Crippen LogP contribution is -2.25. The highest BCUT2D eigenvalue weighted by Gasteiger charge is 2.13. The van der Waals surface area contributed by atoms with Gasteiger partial charge in [-0.3, -0.25) is 4.68 Å². The van der Waals surface area contributed by atoms with E-state index in [1.165, 1.54) is 0 Å². The Balaban J connectivity index is 1.88. The van der Waals surface area contributed by atoms with Gasteiger partial charge >= 0.3 is 0 Å². The molecule has 0 bridgehead atoms. The van der Waals surface area contributed by atoms with Gasteiger partial charge in [0, 0.05) is 19.3 Å². The minimum absolute atomic E-state index is 0.305. The summed E-state index contributed by atoms with van der Waals surface area (Å²) in [4.78, 5) is 0.305. The summed E-state index contributed by atoms with van der Waals surface area (Å²) in [5, 5.41) is 4.32. The number of halogens is 1. The van der Waals surface area contributed by atoms with E-state index in [9.17, 15) is 8.42 Å². The van der Waals surface area contributed by atoms with Gasteiger partial charge in [-0.1, -0.05) is 26.0 Å².